The largest absolute Gasteiger partial charge is 0.342 e. The smallest absolute Gasteiger partial charge is 0.226 e. The molecule has 1 atom stereocenters. The summed E-state index contributed by atoms with van der Waals surface area (Å²) in [5.74, 6) is 0.976. The van der Waals surface area contributed by atoms with Crippen LogP contribution in [0.25, 0.3) is 0 Å². The van der Waals surface area contributed by atoms with Crippen LogP contribution in [0.1, 0.15) is 26.7 Å². The maximum Gasteiger partial charge on any atom is 0.226 e. The van der Waals surface area contributed by atoms with Crippen molar-refractivity contribution in [3.8, 4) is 0 Å². The highest BCUT2D eigenvalue weighted by molar-refractivity contribution is 5.78. The summed E-state index contributed by atoms with van der Waals surface area (Å²) in [6, 6.07) is 0. The maximum absolute atomic E-state index is 11.7. The van der Waals surface area contributed by atoms with Gasteiger partial charge in [0.25, 0.3) is 0 Å². The lowest BCUT2D eigenvalue weighted by molar-refractivity contribution is -0.134. The molecule has 0 saturated heterocycles. The highest BCUT2D eigenvalue weighted by Gasteiger charge is 2.27. The Morgan fingerprint density at radius 1 is 1.62 bits per heavy atom. The third-order valence-corrected chi connectivity index (χ3v) is 2.64. The van der Waals surface area contributed by atoms with E-state index in [1.54, 1.807) is 0 Å². The van der Waals surface area contributed by atoms with Crippen molar-refractivity contribution in [3.63, 3.8) is 0 Å². The number of amides is 1. The van der Waals surface area contributed by atoms with Gasteiger partial charge in [-0.2, -0.15) is 0 Å². The first-order chi connectivity index (χ1) is 6.19. The Balaban J connectivity index is 2.38. The monoisotopic (exact) mass is 184 g/mol. The van der Waals surface area contributed by atoms with Crippen molar-refractivity contribution < 1.29 is 4.79 Å². The molecular formula is C10H20N2O. The van der Waals surface area contributed by atoms with E-state index < -0.39 is 0 Å². The molecule has 0 radical (unpaired) electrons. The number of nitrogens with two attached hydrogens (primary N) is 1. The van der Waals surface area contributed by atoms with Gasteiger partial charge in [-0.15, -0.1) is 0 Å². The van der Waals surface area contributed by atoms with Gasteiger partial charge in [-0.05, 0) is 25.7 Å². The highest BCUT2D eigenvalue weighted by atomic mass is 16.2. The van der Waals surface area contributed by atoms with Gasteiger partial charge in [-0.1, -0.05) is 6.92 Å². The summed E-state index contributed by atoms with van der Waals surface area (Å²) in [4.78, 5) is 13.7. The summed E-state index contributed by atoms with van der Waals surface area (Å²) < 4.78 is 0. The number of carbonyl (C=O) groups is 1. The molecule has 1 saturated carbocycles. The molecule has 0 aromatic heterocycles. The molecule has 1 amide bonds. The van der Waals surface area contributed by atoms with Crippen LogP contribution in [0, 0.1) is 11.8 Å². The van der Waals surface area contributed by atoms with Crippen LogP contribution in [-0.4, -0.2) is 30.4 Å². The van der Waals surface area contributed by atoms with Crippen LogP contribution in [0.15, 0.2) is 0 Å². The average Bonchev–Trinajstić information content (AvgIpc) is 2.95. The van der Waals surface area contributed by atoms with E-state index in [4.69, 9.17) is 5.73 Å². The molecule has 0 aromatic rings. The van der Waals surface area contributed by atoms with E-state index in [1.807, 2.05) is 18.7 Å². The second kappa shape index (κ2) is 4.61. The minimum Gasteiger partial charge on any atom is -0.342 e. The second-order valence-corrected chi connectivity index (χ2v) is 3.96. The Labute approximate surface area is 80.3 Å². The zero-order chi connectivity index (χ0) is 9.84. The Morgan fingerprint density at radius 2 is 2.23 bits per heavy atom. The summed E-state index contributed by atoms with van der Waals surface area (Å²) >= 11 is 0. The third-order valence-electron chi connectivity index (χ3n) is 2.64. The summed E-state index contributed by atoms with van der Waals surface area (Å²) in [6.45, 7) is 6.15. The molecule has 76 valence electrons. The number of nitrogens with zero attached hydrogens (tertiary/aromatic N) is 1. The fourth-order valence-electron chi connectivity index (χ4n) is 1.40. The van der Waals surface area contributed by atoms with Crippen molar-refractivity contribution in [2.24, 2.45) is 17.6 Å². The quantitative estimate of drug-likeness (QED) is 0.688. The van der Waals surface area contributed by atoms with E-state index in [-0.39, 0.29) is 11.8 Å². The SMILES string of the molecule is CCN(CC1CC1)C(=O)C(C)CN. The van der Waals surface area contributed by atoms with Crippen molar-refractivity contribution in [1.82, 2.24) is 4.90 Å². The zero-order valence-electron chi connectivity index (χ0n) is 8.62. The summed E-state index contributed by atoms with van der Waals surface area (Å²) in [5.41, 5.74) is 5.46. The Bertz CT molecular complexity index is 178. The van der Waals surface area contributed by atoms with Crippen LogP contribution in [0.3, 0.4) is 0 Å². The van der Waals surface area contributed by atoms with Crippen LogP contribution in [0.2, 0.25) is 0 Å². The topological polar surface area (TPSA) is 46.3 Å². The molecule has 1 unspecified atom stereocenters. The lowest BCUT2D eigenvalue weighted by Crippen LogP contribution is -2.39. The molecular weight excluding hydrogens is 164 g/mol. The normalized spacial score (nSPS) is 18.4. The first-order valence-corrected chi connectivity index (χ1v) is 5.17. The van der Waals surface area contributed by atoms with Gasteiger partial charge in [-0.25, -0.2) is 0 Å². The minimum atomic E-state index is -0.0151. The summed E-state index contributed by atoms with van der Waals surface area (Å²) in [5, 5.41) is 0. The fourth-order valence-corrected chi connectivity index (χ4v) is 1.40. The number of hydrogen-bond acceptors (Lipinski definition) is 2. The van der Waals surface area contributed by atoms with Gasteiger partial charge in [0, 0.05) is 25.6 Å². The molecule has 0 heterocycles. The van der Waals surface area contributed by atoms with E-state index in [2.05, 4.69) is 0 Å². The molecule has 0 aliphatic heterocycles. The van der Waals surface area contributed by atoms with Gasteiger partial charge in [0.1, 0.15) is 0 Å². The van der Waals surface area contributed by atoms with E-state index in [0.29, 0.717) is 6.54 Å². The standard InChI is InChI=1S/C10H20N2O/c1-3-12(7-9-4-5-9)10(13)8(2)6-11/h8-9H,3-7,11H2,1-2H3. The number of rotatable bonds is 5. The Morgan fingerprint density at radius 3 is 2.62 bits per heavy atom. The minimum absolute atomic E-state index is 0.0151. The summed E-state index contributed by atoms with van der Waals surface area (Å²) in [6.07, 6.45) is 2.58. The van der Waals surface area contributed by atoms with Gasteiger partial charge >= 0.3 is 0 Å². The van der Waals surface area contributed by atoms with Gasteiger partial charge in [0.05, 0.1) is 0 Å². The molecule has 1 aliphatic rings. The van der Waals surface area contributed by atoms with E-state index in [1.165, 1.54) is 12.8 Å². The maximum atomic E-state index is 11.7. The van der Waals surface area contributed by atoms with Crippen LogP contribution < -0.4 is 5.73 Å². The van der Waals surface area contributed by atoms with Crippen LogP contribution in [0.4, 0.5) is 0 Å². The molecule has 0 aromatic carbocycles. The molecule has 0 bridgehead atoms. The summed E-state index contributed by atoms with van der Waals surface area (Å²) in [7, 11) is 0. The second-order valence-electron chi connectivity index (χ2n) is 3.96. The molecule has 2 N–H and O–H groups in total. The lowest BCUT2D eigenvalue weighted by atomic mass is 10.1. The van der Waals surface area contributed by atoms with Crippen LogP contribution in [0.5, 0.6) is 0 Å². The van der Waals surface area contributed by atoms with Crippen molar-refractivity contribution in [2.45, 2.75) is 26.7 Å². The predicted molar refractivity (Wildman–Crippen MR) is 53.2 cm³/mol. The van der Waals surface area contributed by atoms with Crippen LogP contribution >= 0.6 is 0 Å². The van der Waals surface area contributed by atoms with Gasteiger partial charge in [0.15, 0.2) is 0 Å². The first-order valence-electron chi connectivity index (χ1n) is 5.17. The highest BCUT2D eigenvalue weighted by Crippen LogP contribution is 2.29. The van der Waals surface area contributed by atoms with E-state index in [9.17, 15) is 4.79 Å². The van der Waals surface area contributed by atoms with Gasteiger partial charge < -0.3 is 10.6 Å². The van der Waals surface area contributed by atoms with E-state index in [0.717, 1.165) is 19.0 Å². The average molecular weight is 184 g/mol. The Kier molecular flexibility index (Phi) is 3.72. The molecule has 1 fully saturated rings. The van der Waals surface area contributed by atoms with Gasteiger partial charge in [0.2, 0.25) is 5.91 Å². The van der Waals surface area contributed by atoms with E-state index >= 15 is 0 Å². The molecule has 0 spiro atoms. The Hall–Kier alpha value is -0.570. The fraction of sp³-hybridized carbons (Fsp3) is 0.900. The third kappa shape index (κ3) is 2.99. The lowest BCUT2D eigenvalue weighted by Gasteiger charge is -2.23. The van der Waals surface area contributed by atoms with Crippen molar-refractivity contribution >= 4 is 5.91 Å². The zero-order valence-corrected chi connectivity index (χ0v) is 8.62. The molecule has 1 rings (SSSR count). The molecule has 3 heteroatoms. The first kappa shape index (κ1) is 10.5. The van der Waals surface area contributed by atoms with Crippen LogP contribution in [-0.2, 0) is 4.79 Å². The number of hydrogen-bond donors (Lipinski definition) is 1. The van der Waals surface area contributed by atoms with Crippen molar-refractivity contribution in [2.75, 3.05) is 19.6 Å². The number of carbonyl (C=O) groups excluding carboxylic acids is 1. The molecule has 1 aliphatic carbocycles. The van der Waals surface area contributed by atoms with Crippen molar-refractivity contribution in [1.29, 1.82) is 0 Å². The van der Waals surface area contributed by atoms with Gasteiger partial charge in [-0.3, -0.25) is 4.79 Å². The predicted octanol–water partition coefficient (Wildman–Crippen LogP) is 0.840. The molecule has 13 heavy (non-hydrogen) atoms. The van der Waals surface area contributed by atoms with Crippen molar-refractivity contribution in [3.05, 3.63) is 0 Å². The molecule has 3 nitrogen and oxygen atoms in total.